The van der Waals surface area contributed by atoms with Crippen LogP contribution in [0.3, 0.4) is 0 Å². The molecule has 6 heteroatoms. The zero-order valence-corrected chi connectivity index (χ0v) is 16.2. The van der Waals surface area contributed by atoms with Crippen molar-refractivity contribution in [3.8, 4) is 5.75 Å². The number of thiophene rings is 1. The second-order valence-corrected chi connectivity index (χ2v) is 8.36. The first kappa shape index (κ1) is 17.0. The van der Waals surface area contributed by atoms with Gasteiger partial charge in [-0.2, -0.15) is 0 Å². The summed E-state index contributed by atoms with van der Waals surface area (Å²) in [5.41, 5.74) is 2.83. The summed E-state index contributed by atoms with van der Waals surface area (Å²) in [5.74, 6) is 0.767. The molecule has 0 saturated heterocycles. The summed E-state index contributed by atoms with van der Waals surface area (Å²) < 4.78 is 9.51. The number of halogens is 1. The first-order chi connectivity index (χ1) is 11.5. The smallest absolute Gasteiger partial charge is 0.268 e. The van der Waals surface area contributed by atoms with Gasteiger partial charge in [0.25, 0.3) is 5.91 Å². The molecule has 0 aliphatic carbocycles. The van der Waals surface area contributed by atoms with Crippen LogP contribution in [0.2, 0.25) is 0 Å². The van der Waals surface area contributed by atoms with Crippen LogP contribution in [-0.2, 0) is 6.54 Å². The number of amides is 1. The Bertz CT molecular complexity index is 882. The first-order valence-electron chi connectivity index (χ1n) is 7.70. The molecule has 0 saturated carbocycles. The van der Waals surface area contributed by atoms with Gasteiger partial charge in [0.05, 0.1) is 21.1 Å². The molecule has 0 aliphatic heterocycles. The van der Waals surface area contributed by atoms with Crippen molar-refractivity contribution < 1.29 is 9.53 Å². The zero-order valence-electron chi connectivity index (χ0n) is 13.8. The van der Waals surface area contributed by atoms with Crippen molar-refractivity contribution in [1.29, 1.82) is 0 Å². The third-order valence-electron chi connectivity index (χ3n) is 3.69. The second kappa shape index (κ2) is 6.99. The SMILES string of the molecule is COc1cccc(Cn2c(C(=O)NC(C)C)cc3sc(Br)cc32)c1. The standard InChI is InChI=1S/C18H19BrN2O2S/c1-11(2)20-18(22)15-8-16-14(9-17(19)24-16)21(15)10-12-5-4-6-13(7-12)23-3/h4-9,11H,10H2,1-3H3,(H,20,22). The summed E-state index contributed by atoms with van der Waals surface area (Å²) in [6.45, 7) is 4.54. The molecule has 0 aliphatic rings. The molecular weight excluding hydrogens is 388 g/mol. The molecule has 1 N–H and O–H groups in total. The molecule has 126 valence electrons. The van der Waals surface area contributed by atoms with Crippen molar-refractivity contribution in [1.82, 2.24) is 9.88 Å². The predicted octanol–water partition coefficient (Wildman–Crippen LogP) is 4.66. The molecule has 1 aromatic carbocycles. The number of rotatable bonds is 5. The fourth-order valence-corrected chi connectivity index (χ4v) is 4.22. The highest BCUT2D eigenvalue weighted by Gasteiger charge is 2.18. The molecule has 0 unspecified atom stereocenters. The fourth-order valence-electron chi connectivity index (χ4n) is 2.66. The maximum absolute atomic E-state index is 12.6. The number of ether oxygens (including phenoxy) is 1. The molecule has 2 heterocycles. The van der Waals surface area contributed by atoms with E-state index in [1.807, 2.05) is 44.2 Å². The molecule has 0 radical (unpaired) electrons. The average molecular weight is 407 g/mol. The van der Waals surface area contributed by atoms with Crippen LogP contribution in [0, 0.1) is 0 Å². The molecule has 0 bridgehead atoms. The Morgan fingerprint density at radius 3 is 2.83 bits per heavy atom. The maximum Gasteiger partial charge on any atom is 0.268 e. The van der Waals surface area contributed by atoms with Crippen molar-refractivity contribution in [2.75, 3.05) is 7.11 Å². The summed E-state index contributed by atoms with van der Waals surface area (Å²) in [7, 11) is 1.66. The summed E-state index contributed by atoms with van der Waals surface area (Å²) in [6, 6.07) is 12.0. The highest BCUT2D eigenvalue weighted by Crippen LogP contribution is 2.33. The van der Waals surface area contributed by atoms with Gasteiger partial charge in [-0.15, -0.1) is 11.3 Å². The molecule has 0 spiro atoms. The van der Waals surface area contributed by atoms with Gasteiger partial charge in [0.1, 0.15) is 11.4 Å². The Labute approximate surface area is 153 Å². The summed E-state index contributed by atoms with van der Waals surface area (Å²) in [5, 5.41) is 2.98. The Hall–Kier alpha value is -1.79. The Morgan fingerprint density at radius 1 is 1.33 bits per heavy atom. The average Bonchev–Trinajstić information content (AvgIpc) is 3.04. The number of aromatic nitrogens is 1. The van der Waals surface area contributed by atoms with Crippen LogP contribution < -0.4 is 10.1 Å². The number of methoxy groups -OCH3 is 1. The highest BCUT2D eigenvalue weighted by molar-refractivity contribution is 9.11. The number of hydrogen-bond donors (Lipinski definition) is 1. The van der Waals surface area contributed by atoms with E-state index in [0.717, 1.165) is 25.3 Å². The van der Waals surface area contributed by atoms with Crippen LogP contribution in [0.15, 0.2) is 40.2 Å². The Morgan fingerprint density at radius 2 is 2.12 bits per heavy atom. The van der Waals surface area contributed by atoms with Crippen LogP contribution in [0.25, 0.3) is 10.2 Å². The van der Waals surface area contributed by atoms with Gasteiger partial charge < -0.3 is 14.6 Å². The topological polar surface area (TPSA) is 43.3 Å². The molecule has 2 aromatic heterocycles. The molecule has 0 fully saturated rings. The fraction of sp³-hybridized carbons (Fsp3) is 0.278. The number of carbonyl (C=O) groups is 1. The predicted molar refractivity (Wildman–Crippen MR) is 102 cm³/mol. The minimum Gasteiger partial charge on any atom is -0.497 e. The van der Waals surface area contributed by atoms with Crippen molar-refractivity contribution in [3.05, 3.63) is 51.4 Å². The van der Waals surface area contributed by atoms with E-state index in [0.29, 0.717) is 12.2 Å². The number of hydrogen-bond acceptors (Lipinski definition) is 3. The molecule has 3 aromatic rings. The van der Waals surface area contributed by atoms with Crippen molar-refractivity contribution >= 4 is 43.4 Å². The van der Waals surface area contributed by atoms with Crippen LogP contribution in [0.1, 0.15) is 29.9 Å². The highest BCUT2D eigenvalue weighted by atomic mass is 79.9. The number of fused-ring (bicyclic) bond motifs is 1. The minimum atomic E-state index is -0.0487. The number of benzene rings is 1. The van der Waals surface area contributed by atoms with Gasteiger partial charge in [-0.1, -0.05) is 12.1 Å². The lowest BCUT2D eigenvalue weighted by Crippen LogP contribution is -2.31. The molecule has 0 atom stereocenters. The van der Waals surface area contributed by atoms with Gasteiger partial charge in [0.15, 0.2) is 0 Å². The second-order valence-electron chi connectivity index (χ2n) is 5.90. The molecule has 1 amide bonds. The van der Waals surface area contributed by atoms with Gasteiger partial charge >= 0.3 is 0 Å². The Kier molecular flexibility index (Phi) is 4.96. The van der Waals surface area contributed by atoms with E-state index < -0.39 is 0 Å². The normalized spacial score (nSPS) is 11.2. The van der Waals surface area contributed by atoms with E-state index in [4.69, 9.17) is 4.74 Å². The summed E-state index contributed by atoms with van der Waals surface area (Å²) >= 11 is 5.17. The van der Waals surface area contributed by atoms with Gasteiger partial charge in [-0.25, -0.2) is 0 Å². The quantitative estimate of drug-likeness (QED) is 0.669. The van der Waals surface area contributed by atoms with Crippen molar-refractivity contribution in [3.63, 3.8) is 0 Å². The largest absolute Gasteiger partial charge is 0.497 e. The van der Waals surface area contributed by atoms with Crippen LogP contribution >= 0.6 is 27.3 Å². The summed E-state index contributed by atoms with van der Waals surface area (Å²) in [4.78, 5) is 12.6. The van der Waals surface area contributed by atoms with E-state index >= 15 is 0 Å². The number of carbonyl (C=O) groups excluding carboxylic acids is 1. The molecule has 4 nitrogen and oxygen atoms in total. The number of nitrogens with one attached hydrogen (secondary N) is 1. The van der Waals surface area contributed by atoms with E-state index in [1.54, 1.807) is 18.4 Å². The minimum absolute atomic E-state index is 0.0487. The van der Waals surface area contributed by atoms with Crippen LogP contribution in [0.5, 0.6) is 5.75 Å². The monoisotopic (exact) mass is 406 g/mol. The zero-order chi connectivity index (χ0) is 17.3. The van der Waals surface area contributed by atoms with Gasteiger partial charge in [-0.3, -0.25) is 4.79 Å². The van der Waals surface area contributed by atoms with Crippen molar-refractivity contribution in [2.24, 2.45) is 0 Å². The number of nitrogens with zero attached hydrogens (tertiary/aromatic N) is 1. The third-order valence-corrected chi connectivity index (χ3v) is 5.26. The van der Waals surface area contributed by atoms with E-state index in [9.17, 15) is 4.79 Å². The first-order valence-corrected chi connectivity index (χ1v) is 9.31. The van der Waals surface area contributed by atoms with Crippen LogP contribution in [0.4, 0.5) is 0 Å². The molecular formula is C18H19BrN2O2S. The third kappa shape index (κ3) is 3.49. The van der Waals surface area contributed by atoms with E-state index in [-0.39, 0.29) is 11.9 Å². The Balaban J connectivity index is 2.04. The van der Waals surface area contributed by atoms with Gasteiger partial charge in [0.2, 0.25) is 0 Å². The molecule has 24 heavy (non-hydrogen) atoms. The molecule has 3 rings (SSSR count). The lowest BCUT2D eigenvalue weighted by atomic mass is 10.2. The van der Waals surface area contributed by atoms with E-state index in [2.05, 4.69) is 31.9 Å². The van der Waals surface area contributed by atoms with Crippen LogP contribution in [-0.4, -0.2) is 23.6 Å². The van der Waals surface area contributed by atoms with Crippen molar-refractivity contribution in [2.45, 2.75) is 26.4 Å². The maximum atomic E-state index is 12.6. The van der Waals surface area contributed by atoms with Gasteiger partial charge in [0, 0.05) is 12.6 Å². The van der Waals surface area contributed by atoms with E-state index in [1.165, 1.54) is 0 Å². The summed E-state index contributed by atoms with van der Waals surface area (Å²) in [6.07, 6.45) is 0. The van der Waals surface area contributed by atoms with Gasteiger partial charge in [-0.05, 0) is 59.6 Å². The lowest BCUT2D eigenvalue weighted by molar-refractivity contribution is 0.0934. The lowest BCUT2D eigenvalue weighted by Gasteiger charge is -2.13.